The van der Waals surface area contributed by atoms with E-state index in [0.717, 1.165) is 23.6 Å². The van der Waals surface area contributed by atoms with Gasteiger partial charge in [0.1, 0.15) is 0 Å². The summed E-state index contributed by atoms with van der Waals surface area (Å²) < 4.78 is 0. The summed E-state index contributed by atoms with van der Waals surface area (Å²) >= 11 is 1.47. The second-order valence-corrected chi connectivity index (χ2v) is 6.09. The van der Waals surface area contributed by atoms with E-state index in [1.54, 1.807) is 17.0 Å². The molecule has 3 rings (SSSR count). The van der Waals surface area contributed by atoms with Gasteiger partial charge in [0, 0.05) is 30.3 Å². The van der Waals surface area contributed by atoms with Crippen LogP contribution in [0, 0.1) is 16.0 Å². The van der Waals surface area contributed by atoms with Crippen LogP contribution in [0.4, 0.5) is 5.69 Å². The van der Waals surface area contributed by atoms with Gasteiger partial charge in [0.25, 0.3) is 5.69 Å². The number of benzene rings is 1. The van der Waals surface area contributed by atoms with Gasteiger partial charge >= 0.3 is 0 Å². The molecule has 0 spiro atoms. The number of hydrogen-bond donors (Lipinski definition) is 0. The largest absolute Gasteiger partial charge is 0.289 e. The van der Waals surface area contributed by atoms with Crippen molar-refractivity contribution < 1.29 is 9.72 Å². The van der Waals surface area contributed by atoms with Crippen molar-refractivity contribution in [2.24, 2.45) is 10.9 Å². The fourth-order valence-corrected chi connectivity index (χ4v) is 3.21. The molecule has 0 bridgehead atoms. The quantitative estimate of drug-likeness (QED) is 0.632. The summed E-state index contributed by atoms with van der Waals surface area (Å²) in [5, 5.41) is 11.5. The number of amidine groups is 1. The highest BCUT2D eigenvalue weighted by Crippen LogP contribution is 2.33. The Labute approximate surface area is 126 Å². The molecule has 0 aromatic heterocycles. The predicted molar refractivity (Wildman–Crippen MR) is 81.1 cm³/mol. The van der Waals surface area contributed by atoms with E-state index in [0.29, 0.717) is 18.8 Å². The fourth-order valence-electron chi connectivity index (χ4n) is 2.21. The van der Waals surface area contributed by atoms with Crippen LogP contribution >= 0.6 is 11.8 Å². The first kappa shape index (κ1) is 14.1. The van der Waals surface area contributed by atoms with E-state index in [1.807, 2.05) is 6.07 Å². The fraction of sp³-hybridized carbons (Fsp3) is 0.429. The summed E-state index contributed by atoms with van der Waals surface area (Å²) in [6.07, 6.45) is 1.97. The van der Waals surface area contributed by atoms with E-state index in [-0.39, 0.29) is 17.5 Å². The van der Waals surface area contributed by atoms with E-state index >= 15 is 0 Å². The number of nitro groups is 1. The maximum absolute atomic E-state index is 12.1. The molecule has 0 unspecified atom stereocenters. The van der Waals surface area contributed by atoms with Crippen LogP contribution in [0.1, 0.15) is 18.4 Å². The van der Waals surface area contributed by atoms with Gasteiger partial charge < -0.3 is 0 Å². The molecular weight excluding hydrogens is 290 g/mol. The van der Waals surface area contributed by atoms with Gasteiger partial charge in [-0.1, -0.05) is 23.9 Å². The molecule has 110 valence electrons. The van der Waals surface area contributed by atoms with Crippen LogP contribution in [0.2, 0.25) is 0 Å². The lowest BCUT2D eigenvalue weighted by Gasteiger charge is -2.17. The summed E-state index contributed by atoms with van der Waals surface area (Å²) in [6, 6.07) is 6.57. The van der Waals surface area contributed by atoms with Gasteiger partial charge in [0.2, 0.25) is 5.91 Å². The molecular formula is C14H15N3O3S. The first-order valence-electron chi connectivity index (χ1n) is 6.87. The number of carbonyl (C=O) groups excluding carboxylic acids is 1. The lowest BCUT2D eigenvalue weighted by atomic mass is 10.2. The second kappa shape index (κ2) is 5.85. The number of non-ortho nitro benzene ring substituents is 1. The molecule has 1 aromatic carbocycles. The third kappa shape index (κ3) is 3.24. The smallest absolute Gasteiger partial charge is 0.269 e. The van der Waals surface area contributed by atoms with E-state index in [1.165, 1.54) is 17.8 Å². The van der Waals surface area contributed by atoms with Gasteiger partial charge in [-0.15, -0.1) is 0 Å². The molecule has 0 radical (unpaired) electrons. The van der Waals surface area contributed by atoms with Crippen LogP contribution in [0.25, 0.3) is 0 Å². The predicted octanol–water partition coefficient (Wildman–Crippen LogP) is 2.44. The standard InChI is InChI=1S/C14H15N3O3S/c18-13(11-4-5-11)16-7-6-15-14(16)21-9-10-2-1-3-12(8-10)17(19)20/h1-3,8,11H,4-7,9H2. The van der Waals surface area contributed by atoms with Crippen LogP contribution in [0.5, 0.6) is 0 Å². The van der Waals surface area contributed by atoms with Crippen LogP contribution in [0.15, 0.2) is 29.3 Å². The molecule has 1 fully saturated rings. The van der Waals surface area contributed by atoms with Crippen LogP contribution in [0.3, 0.4) is 0 Å². The minimum absolute atomic E-state index is 0.0902. The van der Waals surface area contributed by atoms with Crippen molar-refractivity contribution in [2.75, 3.05) is 13.1 Å². The van der Waals surface area contributed by atoms with Crippen LogP contribution in [-0.4, -0.2) is 34.0 Å². The number of hydrogen-bond acceptors (Lipinski definition) is 5. The molecule has 1 aromatic rings. The number of nitro benzene ring substituents is 1. The maximum atomic E-state index is 12.1. The average molecular weight is 305 g/mol. The highest BCUT2D eigenvalue weighted by atomic mass is 32.2. The number of nitrogens with zero attached hydrogens (tertiary/aromatic N) is 3. The summed E-state index contributed by atoms with van der Waals surface area (Å²) in [4.78, 5) is 28.6. The zero-order valence-corrected chi connectivity index (χ0v) is 12.2. The van der Waals surface area contributed by atoms with E-state index in [2.05, 4.69) is 4.99 Å². The summed E-state index contributed by atoms with van der Waals surface area (Å²) in [6.45, 7) is 1.31. The van der Waals surface area contributed by atoms with Crippen molar-refractivity contribution in [1.29, 1.82) is 0 Å². The zero-order valence-electron chi connectivity index (χ0n) is 11.4. The SMILES string of the molecule is O=C(C1CC1)N1CCN=C1SCc1cccc([N+](=O)[O-])c1. The van der Waals surface area contributed by atoms with Gasteiger partial charge in [-0.05, 0) is 18.4 Å². The normalized spacial score (nSPS) is 17.7. The number of carbonyl (C=O) groups is 1. The third-order valence-corrected chi connectivity index (χ3v) is 4.57. The first-order chi connectivity index (χ1) is 10.1. The molecule has 1 saturated carbocycles. The van der Waals surface area contributed by atoms with Gasteiger partial charge in [0.15, 0.2) is 5.17 Å². The Morgan fingerprint density at radius 3 is 3.00 bits per heavy atom. The molecule has 0 N–H and O–H groups in total. The van der Waals surface area contributed by atoms with Crippen molar-refractivity contribution in [3.8, 4) is 0 Å². The Morgan fingerprint density at radius 2 is 2.29 bits per heavy atom. The molecule has 1 aliphatic heterocycles. The van der Waals surface area contributed by atoms with Gasteiger partial charge in [-0.2, -0.15) is 0 Å². The first-order valence-corrected chi connectivity index (χ1v) is 7.85. The van der Waals surface area contributed by atoms with E-state index in [9.17, 15) is 14.9 Å². The monoisotopic (exact) mass is 305 g/mol. The van der Waals surface area contributed by atoms with Gasteiger partial charge in [-0.25, -0.2) is 0 Å². The molecule has 7 heteroatoms. The molecule has 1 heterocycles. The van der Waals surface area contributed by atoms with E-state index < -0.39 is 4.92 Å². The number of rotatable bonds is 4. The minimum atomic E-state index is -0.399. The summed E-state index contributed by atoms with van der Waals surface area (Å²) in [5.74, 6) is 0.944. The average Bonchev–Trinajstić information content (AvgIpc) is 3.23. The number of aliphatic imine (C=N–C) groups is 1. The Balaban J connectivity index is 1.62. The topological polar surface area (TPSA) is 75.8 Å². The Morgan fingerprint density at radius 1 is 1.48 bits per heavy atom. The second-order valence-electron chi connectivity index (χ2n) is 5.14. The Bertz CT molecular complexity index is 613. The van der Waals surface area contributed by atoms with E-state index in [4.69, 9.17) is 0 Å². The molecule has 6 nitrogen and oxygen atoms in total. The molecule has 0 atom stereocenters. The molecule has 0 saturated heterocycles. The lowest BCUT2D eigenvalue weighted by Crippen LogP contribution is -2.33. The maximum Gasteiger partial charge on any atom is 0.269 e. The summed E-state index contributed by atoms with van der Waals surface area (Å²) in [7, 11) is 0. The van der Waals surface area contributed by atoms with Crippen LogP contribution in [-0.2, 0) is 10.5 Å². The lowest BCUT2D eigenvalue weighted by molar-refractivity contribution is -0.384. The Hall–Kier alpha value is -1.89. The third-order valence-electron chi connectivity index (χ3n) is 3.48. The van der Waals surface area contributed by atoms with Crippen molar-refractivity contribution in [3.63, 3.8) is 0 Å². The van der Waals surface area contributed by atoms with Gasteiger partial charge in [0.05, 0.1) is 11.5 Å². The molecule has 21 heavy (non-hydrogen) atoms. The van der Waals surface area contributed by atoms with Crippen LogP contribution < -0.4 is 0 Å². The van der Waals surface area contributed by atoms with Gasteiger partial charge in [-0.3, -0.25) is 24.8 Å². The highest BCUT2D eigenvalue weighted by molar-refractivity contribution is 8.13. The minimum Gasteiger partial charge on any atom is -0.289 e. The van der Waals surface area contributed by atoms with Crippen molar-refractivity contribution in [2.45, 2.75) is 18.6 Å². The Kier molecular flexibility index (Phi) is 3.92. The van der Waals surface area contributed by atoms with Crippen molar-refractivity contribution in [3.05, 3.63) is 39.9 Å². The van der Waals surface area contributed by atoms with Crippen molar-refractivity contribution in [1.82, 2.24) is 4.90 Å². The highest BCUT2D eigenvalue weighted by Gasteiger charge is 2.36. The summed E-state index contributed by atoms with van der Waals surface area (Å²) in [5.41, 5.74) is 0.954. The zero-order chi connectivity index (χ0) is 14.8. The number of thioether (sulfide) groups is 1. The molecule has 1 aliphatic carbocycles. The number of amides is 1. The van der Waals surface area contributed by atoms with Crippen molar-refractivity contribution >= 4 is 28.5 Å². The molecule has 2 aliphatic rings. The molecule has 1 amide bonds.